The number of hydrogen-bond donors (Lipinski definition) is 0. The molecule has 1 aromatic carbocycles. The Labute approximate surface area is 146 Å². The van der Waals surface area contributed by atoms with Crippen LogP contribution in [0, 0.1) is 20.2 Å². The van der Waals surface area contributed by atoms with Gasteiger partial charge in [-0.05, 0) is 23.7 Å². The molecule has 1 rings (SSSR count). The van der Waals surface area contributed by atoms with E-state index >= 15 is 0 Å². The molecule has 0 radical (unpaired) electrons. The molecule has 0 bridgehead atoms. The molecule has 1 aromatic rings. The van der Waals surface area contributed by atoms with Crippen LogP contribution in [0.1, 0.15) is 31.7 Å². The van der Waals surface area contributed by atoms with E-state index in [1.807, 2.05) is 0 Å². The Morgan fingerprint density at radius 1 is 1.22 bits per heavy atom. The Kier molecular flexibility index (Phi) is 6.93. The Morgan fingerprint density at radius 2 is 1.78 bits per heavy atom. The standard InChI is InChI=1S/C10H12N2O5.K/c1-3-6(2)8-4-7(11(14)15)5-9(10(8)13)12(16)17;/h4-6,13H,3H2,1-2H3;/q;+1/p-1. The summed E-state index contributed by atoms with van der Waals surface area (Å²) in [6.07, 6.45) is 0.577. The van der Waals surface area contributed by atoms with Gasteiger partial charge in [0.15, 0.2) is 0 Å². The van der Waals surface area contributed by atoms with Crippen molar-refractivity contribution in [2.45, 2.75) is 26.2 Å². The molecular formula is C10H11KN2O5. The van der Waals surface area contributed by atoms with E-state index in [1.54, 1.807) is 13.8 Å². The summed E-state index contributed by atoms with van der Waals surface area (Å²) in [7, 11) is 0. The fourth-order valence-corrected chi connectivity index (χ4v) is 1.45. The van der Waals surface area contributed by atoms with E-state index in [9.17, 15) is 25.3 Å². The van der Waals surface area contributed by atoms with Crippen LogP contribution in [0.5, 0.6) is 5.75 Å². The molecule has 18 heavy (non-hydrogen) atoms. The van der Waals surface area contributed by atoms with Gasteiger partial charge in [-0.25, -0.2) is 0 Å². The van der Waals surface area contributed by atoms with E-state index in [-0.39, 0.29) is 62.9 Å². The summed E-state index contributed by atoms with van der Waals surface area (Å²) < 4.78 is 0. The van der Waals surface area contributed by atoms with Crippen LogP contribution in [0.4, 0.5) is 11.4 Å². The molecule has 0 saturated heterocycles. The zero-order valence-corrected chi connectivity index (χ0v) is 13.5. The normalized spacial score (nSPS) is 11.4. The third-order valence-electron chi connectivity index (χ3n) is 2.63. The molecule has 7 nitrogen and oxygen atoms in total. The summed E-state index contributed by atoms with van der Waals surface area (Å²) in [4.78, 5) is 19.6. The zero-order chi connectivity index (χ0) is 13.2. The second-order valence-electron chi connectivity index (χ2n) is 3.71. The summed E-state index contributed by atoms with van der Waals surface area (Å²) in [5, 5.41) is 33.0. The van der Waals surface area contributed by atoms with Gasteiger partial charge in [0, 0.05) is 6.07 Å². The van der Waals surface area contributed by atoms with Crippen molar-refractivity contribution in [3.63, 3.8) is 0 Å². The fraction of sp³-hybridized carbons (Fsp3) is 0.400. The van der Waals surface area contributed by atoms with Gasteiger partial charge in [0.25, 0.3) is 11.4 Å². The van der Waals surface area contributed by atoms with Crippen LogP contribution in [0.15, 0.2) is 12.1 Å². The average Bonchev–Trinajstić information content (AvgIpc) is 2.27. The van der Waals surface area contributed by atoms with Crippen molar-refractivity contribution in [2.24, 2.45) is 0 Å². The number of rotatable bonds is 4. The Morgan fingerprint density at radius 3 is 2.17 bits per heavy atom. The van der Waals surface area contributed by atoms with E-state index in [4.69, 9.17) is 0 Å². The number of nitro groups is 2. The molecule has 8 heteroatoms. The largest absolute Gasteiger partial charge is 1.00 e. The molecule has 1 atom stereocenters. The number of nitro benzene ring substituents is 2. The van der Waals surface area contributed by atoms with Gasteiger partial charge in [-0.15, -0.1) is 0 Å². The maximum absolute atomic E-state index is 11.7. The van der Waals surface area contributed by atoms with Crippen molar-refractivity contribution in [3.8, 4) is 5.75 Å². The minimum atomic E-state index is -0.888. The smallest absolute Gasteiger partial charge is 0.868 e. The molecule has 0 aromatic heterocycles. The van der Waals surface area contributed by atoms with Crippen molar-refractivity contribution in [1.82, 2.24) is 0 Å². The third kappa shape index (κ3) is 3.72. The third-order valence-corrected chi connectivity index (χ3v) is 2.63. The van der Waals surface area contributed by atoms with Crippen molar-refractivity contribution in [1.29, 1.82) is 0 Å². The number of hydrogen-bond acceptors (Lipinski definition) is 5. The van der Waals surface area contributed by atoms with Crippen LogP contribution in [0.25, 0.3) is 0 Å². The first-order valence-electron chi connectivity index (χ1n) is 5.02. The van der Waals surface area contributed by atoms with Gasteiger partial charge in [0.1, 0.15) is 0 Å². The molecule has 0 aliphatic carbocycles. The monoisotopic (exact) mass is 278 g/mol. The van der Waals surface area contributed by atoms with Crippen molar-refractivity contribution in [3.05, 3.63) is 37.9 Å². The minimum absolute atomic E-state index is 0. The van der Waals surface area contributed by atoms with Gasteiger partial charge in [-0.2, -0.15) is 0 Å². The molecule has 1 unspecified atom stereocenters. The van der Waals surface area contributed by atoms with Gasteiger partial charge >= 0.3 is 51.4 Å². The van der Waals surface area contributed by atoms with Crippen molar-refractivity contribution >= 4 is 11.4 Å². The first-order valence-corrected chi connectivity index (χ1v) is 5.02. The Hall–Kier alpha value is -0.544. The van der Waals surface area contributed by atoms with Gasteiger partial charge in [0.2, 0.25) is 0 Å². The maximum Gasteiger partial charge on any atom is 1.00 e. The zero-order valence-electron chi connectivity index (χ0n) is 10.4. The molecule has 0 spiro atoms. The first kappa shape index (κ1) is 17.5. The SMILES string of the molecule is CCC(C)c1cc([N+](=O)[O-])cc([N+](=O)[O-])c1[O-].[K+]. The van der Waals surface area contributed by atoms with Crippen LogP contribution < -0.4 is 56.5 Å². The first-order chi connectivity index (χ1) is 7.88. The van der Waals surface area contributed by atoms with Crippen LogP contribution >= 0.6 is 0 Å². The van der Waals surface area contributed by atoms with Crippen LogP contribution in [0.3, 0.4) is 0 Å². The number of nitrogens with zero attached hydrogens (tertiary/aromatic N) is 2. The second-order valence-corrected chi connectivity index (χ2v) is 3.71. The van der Waals surface area contributed by atoms with Crippen molar-refractivity contribution in [2.75, 3.05) is 0 Å². The van der Waals surface area contributed by atoms with E-state index in [2.05, 4.69) is 0 Å². The predicted octanol–water partition coefficient (Wildman–Crippen LogP) is -0.906. The van der Waals surface area contributed by atoms with E-state index in [0.717, 1.165) is 6.07 Å². The van der Waals surface area contributed by atoms with E-state index in [0.29, 0.717) is 12.5 Å². The second kappa shape index (κ2) is 7.15. The molecule has 0 fully saturated rings. The Balaban J connectivity index is 0.00000289. The Bertz CT molecular complexity index is 478. The topological polar surface area (TPSA) is 109 Å². The fourth-order valence-electron chi connectivity index (χ4n) is 1.45. The summed E-state index contributed by atoms with van der Waals surface area (Å²) in [5.41, 5.74) is -1.05. The van der Waals surface area contributed by atoms with Crippen molar-refractivity contribution < 1.29 is 66.3 Å². The number of non-ortho nitro benzene ring substituents is 1. The molecule has 0 amide bonds. The van der Waals surface area contributed by atoms with Gasteiger partial charge in [-0.3, -0.25) is 20.2 Å². The molecule has 0 aliphatic heterocycles. The minimum Gasteiger partial charge on any atom is -0.868 e. The van der Waals surface area contributed by atoms with E-state index in [1.165, 1.54) is 0 Å². The van der Waals surface area contributed by atoms with Gasteiger partial charge < -0.3 is 5.11 Å². The van der Waals surface area contributed by atoms with Crippen LogP contribution in [-0.2, 0) is 0 Å². The summed E-state index contributed by atoms with van der Waals surface area (Å²) in [6.45, 7) is 3.50. The van der Waals surface area contributed by atoms with Gasteiger partial charge in [-0.1, -0.05) is 13.8 Å². The molecule has 0 heterocycles. The number of benzene rings is 1. The molecule has 0 saturated carbocycles. The quantitative estimate of drug-likeness (QED) is 0.402. The summed E-state index contributed by atoms with van der Waals surface area (Å²) in [5.74, 6) is -0.990. The van der Waals surface area contributed by atoms with E-state index < -0.39 is 27.0 Å². The molecule has 0 N–H and O–H groups in total. The summed E-state index contributed by atoms with van der Waals surface area (Å²) in [6, 6.07) is 1.82. The van der Waals surface area contributed by atoms with Crippen LogP contribution in [0.2, 0.25) is 0 Å². The predicted molar refractivity (Wildman–Crippen MR) is 57.9 cm³/mol. The molecule has 0 aliphatic rings. The van der Waals surface area contributed by atoms with Gasteiger partial charge in [0.05, 0.1) is 15.9 Å². The maximum atomic E-state index is 11.7. The molecular weight excluding hydrogens is 267 g/mol. The average molecular weight is 278 g/mol. The van der Waals surface area contributed by atoms with Crippen LogP contribution in [-0.4, -0.2) is 9.85 Å². The molecule has 92 valence electrons. The summed E-state index contributed by atoms with van der Waals surface area (Å²) >= 11 is 0.